The van der Waals surface area contributed by atoms with Crippen molar-refractivity contribution in [2.75, 3.05) is 0 Å². The third-order valence-corrected chi connectivity index (χ3v) is 3.92. The Labute approximate surface area is 107 Å². The number of nitriles is 1. The highest BCUT2D eigenvalue weighted by Crippen LogP contribution is 2.30. The molecule has 18 heavy (non-hydrogen) atoms. The lowest BCUT2D eigenvalue weighted by Crippen LogP contribution is -2.04. The summed E-state index contributed by atoms with van der Waals surface area (Å²) in [7, 11) is 0. The fourth-order valence-electron chi connectivity index (χ4n) is 1.83. The lowest BCUT2D eigenvalue weighted by Gasteiger charge is -1.93. The van der Waals surface area contributed by atoms with Crippen LogP contribution in [0.3, 0.4) is 0 Å². The molecule has 1 N–H and O–H groups in total. The summed E-state index contributed by atoms with van der Waals surface area (Å²) in [6, 6.07) is 13.7. The first-order chi connectivity index (χ1) is 8.79. The van der Waals surface area contributed by atoms with E-state index >= 15 is 0 Å². The molecule has 0 aliphatic rings. The molecule has 1 aromatic carbocycles. The maximum atomic E-state index is 12.0. The van der Waals surface area contributed by atoms with Gasteiger partial charge in [0, 0.05) is 11.1 Å². The van der Waals surface area contributed by atoms with E-state index < -0.39 is 0 Å². The monoisotopic (exact) mass is 252 g/mol. The largest absolute Gasteiger partial charge is 0.359 e. The number of benzene rings is 1. The minimum absolute atomic E-state index is 0.156. The summed E-state index contributed by atoms with van der Waals surface area (Å²) in [4.78, 5) is 16.0. The van der Waals surface area contributed by atoms with Crippen molar-refractivity contribution in [1.82, 2.24) is 4.98 Å². The van der Waals surface area contributed by atoms with Gasteiger partial charge in [-0.25, -0.2) is 0 Å². The van der Waals surface area contributed by atoms with Crippen molar-refractivity contribution in [3.8, 4) is 16.5 Å². The Balaban J connectivity index is 2.28. The molecule has 0 atom stereocenters. The minimum Gasteiger partial charge on any atom is -0.359 e. The van der Waals surface area contributed by atoms with E-state index in [4.69, 9.17) is 5.26 Å². The van der Waals surface area contributed by atoms with Crippen LogP contribution in [-0.4, -0.2) is 4.98 Å². The average molecular weight is 252 g/mol. The summed E-state index contributed by atoms with van der Waals surface area (Å²) in [5, 5.41) is 8.84. The lowest BCUT2D eigenvalue weighted by atomic mass is 10.2. The van der Waals surface area contributed by atoms with Gasteiger partial charge in [0.1, 0.15) is 11.6 Å². The van der Waals surface area contributed by atoms with E-state index in [1.165, 1.54) is 17.5 Å². The van der Waals surface area contributed by atoms with Crippen molar-refractivity contribution in [2.45, 2.75) is 0 Å². The first-order valence-electron chi connectivity index (χ1n) is 5.40. The fraction of sp³-hybridized carbons (Fsp3) is 0. The maximum Gasteiger partial charge on any atom is 0.217 e. The molecule has 0 amide bonds. The van der Waals surface area contributed by atoms with Gasteiger partial charge in [0.15, 0.2) is 0 Å². The molecule has 3 nitrogen and oxygen atoms in total. The minimum atomic E-state index is -0.196. The van der Waals surface area contributed by atoms with Gasteiger partial charge in [-0.2, -0.15) is 5.26 Å². The normalized spacial score (nSPS) is 10.4. The molecular weight excluding hydrogens is 244 g/mol. The van der Waals surface area contributed by atoms with Crippen LogP contribution in [-0.2, 0) is 0 Å². The number of nitrogens with one attached hydrogen (secondary N) is 1. The van der Waals surface area contributed by atoms with Gasteiger partial charge in [-0.1, -0.05) is 30.3 Å². The molecular formula is C14H8N2OS. The van der Waals surface area contributed by atoms with Crippen molar-refractivity contribution in [2.24, 2.45) is 0 Å². The second-order valence-corrected chi connectivity index (χ2v) is 4.91. The molecule has 0 radical (unpaired) electrons. The van der Waals surface area contributed by atoms with Crippen molar-refractivity contribution in [3.05, 3.63) is 58.4 Å². The summed E-state index contributed by atoms with van der Waals surface area (Å²) in [6.07, 6.45) is 1.46. The van der Waals surface area contributed by atoms with Gasteiger partial charge in [0.05, 0.1) is 10.2 Å². The fourth-order valence-corrected chi connectivity index (χ4v) is 2.91. The second-order valence-electron chi connectivity index (χ2n) is 3.86. The molecule has 0 aliphatic heterocycles. The van der Waals surface area contributed by atoms with Crippen molar-refractivity contribution >= 4 is 21.6 Å². The van der Waals surface area contributed by atoms with Gasteiger partial charge in [-0.05, 0) is 11.6 Å². The number of fused-ring (bicyclic) bond motifs is 1. The van der Waals surface area contributed by atoms with E-state index in [1.807, 2.05) is 42.5 Å². The molecule has 0 bridgehead atoms. The van der Waals surface area contributed by atoms with Gasteiger partial charge in [0.25, 0.3) is 0 Å². The van der Waals surface area contributed by atoms with Crippen LogP contribution in [0.4, 0.5) is 0 Å². The highest BCUT2D eigenvalue weighted by atomic mass is 32.1. The van der Waals surface area contributed by atoms with Crippen LogP contribution < -0.4 is 5.43 Å². The third kappa shape index (κ3) is 1.62. The van der Waals surface area contributed by atoms with Crippen LogP contribution in [0.25, 0.3) is 20.7 Å². The summed E-state index contributed by atoms with van der Waals surface area (Å²) in [5.41, 5.74) is 1.82. The highest BCUT2D eigenvalue weighted by molar-refractivity contribution is 7.22. The summed E-state index contributed by atoms with van der Waals surface area (Å²) < 4.78 is 0.605. The zero-order valence-electron chi connectivity index (χ0n) is 9.31. The smallest absolute Gasteiger partial charge is 0.217 e. The van der Waals surface area contributed by atoms with Crippen LogP contribution in [0.2, 0.25) is 0 Å². The van der Waals surface area contributed by atoms with Crippen LogP contribution in [0.15, 0.2) is 47.4 Å². The second kappa shape index (κ2) is 4.13. The van der Waals surface area contributed by atoms with E-state index in [9.17, 15) is 4.79 Å². The van der Waals surface area contributed by atoms with Gasteiger partial charge >= 0.3 is 0 Å². The highest BCUT2D eigenvalue weighted by Gasteiger charge is 2.09. The Morgan fingerprint density at radius 1 is 1.22 bits per heavy atom. The molecule has 3 aromatic rings. The first kappa shape index (κ1) is 10.8. The van der Waals surface area contributed by atoms with Gasteiger partial charge in [-0.3, -0.25) is 4.79 Å². The Bertz CT molecular complexity index is 809. The number of aromatic amines is 1. The van der Waals surface area contributed by atoms with E-state index in [1.54, 1.807) is 0 Å². The Hall–Kier alpha value is -2.38. The molecule has 2 aromatic heterocycles. The number of H-pyrrole nitrogens is 1. The van der Waals surface area contributed by atoms with Gasteiger partial charge in [0.2, 0.25) is 5.43 Å². The molecule has 4 heteroatoms. The molecule has 0 spiro atoms. The van der Waals surface area contributed by atoms with Gasteiger partial charge < -0.3 is 4.98 Å². The summed E-state index contributed by atoms with van der Waals surface area (Å²) >= 11 is 1.41. The third-order valence-electron chi connectivity index (χ3n) is 2.73. The summed E-state index contributed by atoms with van der Waals surface area (Å²) in [5.74, 6) is 0. The van der Waals surface area contributed by atoms with Crippen LogP contribution >= 0.6 is 11.3 Å². The molecule has 3 rings (SSSR count). The molecule has 86 valence electrons. The van der Waals surface area contributed by atoms with E-state index in [0.717, 1.165) is 16.0 Å². The first-order valence-corrected chi connectivity index (χ1v) is 6.22. The van der Waals surface area contributed by atoms with E-state index in [0.29, 0.717) is 4.70 Å². The zero-order valence-corrected chi connectivity index (χ0v) is 10.1. The van der Waals surface area contributed by atoms with Crippen LogP contribution in [0, 0.1) is 11.3 Å². The number of thiophene rings is 1. The quantitative estimate of drug-likeness (QED) is 0.723. The number of pyridine rings is 1. The number of nitrogens with zero attached hydrogens (tertiary/aromatic N) is 1. The number of hydrogen-bond acceptors (Lipinski definition) is 3. The van der Waals surface area contributed by atoms with Crippen LogP contribution in [0.1, 0.15) is 5.56 Å². The van der Waals surface area contributed by atoms with Crippen molar-refractivity contribution in [3.63, 3.8) is 0 Å². The predicted octanol–water partition coefficient (Wildman–Crippen LogP) is 3.13. The zero-order chi connectivity index (χ0) is 12.5. The van der Waals surface area contributed by atoms with E-state index in [2.05, 4.69) is 4.98 Å². The Kier molecular flexibility index (Phi) is 2.47. The molecule has 2 heterocycles. The Morgan fingerprint density at radius 3 is 2.72 bits per heavy atom. The van der Waals surface area contributed by atoms with Crippen molar-refractivity contribution in [1.29, 1.82) is 5.26 Å². The standard InChI is InChI=1S/C14H8N2OS/c15-7-10-8-16-11-6-12(18-14(11)13(10)17)9-4-2-1-3-5-9/h1-6,8H,(H,16,17). The summed E-state index contributed by atoms with van der Waals surface area (Å²) in [6.45, 7) is 0. The molecule has 0 saturated heterocycles. The Morgan fingerprint density at radius 2 is 2.00 bits per heavy atom. The SMILES string of the molecule is N#Cc1c[nH]c2cc(-c3ccccc3)sc2c1=O. The lowest BCUT2D eigenvalue weighted by molar-refractivity contribution is 1.36. The van der Waals surface area contributed by atoms with Gasteiger partial charge in [-0.15, -0.1) is 11.3 Å². The molecule has 0 fully saturated rings. The number of rotatable bonds is 1. The average Bonchev–Trinajstić information content (AvgIpc) is 2.85. The number of hydrogen-bond donors (Lipinski definition) is 1. The predicted molar refractivity (Wildman–Crippen MR) is 72.6 cm³/mol. The van der Waals surface area contributed by atoms with E-state index in [-0.39, 0.29) is 11.0 Å². The van der Waals surface area contributed by atoms with Crippen LogP contribution in [0.5, 0.6) is 0 Å². The maximum absolute atomic E-state index is 12.0. The van der Waals surface area contributed by atoms with Crippen molar-refractivity contribution < 1.29 is 0 Å². The topological polar surface area (TPSA) is 56.6 Å². The molecule has 0 aliphatic carbocycles. The molecule has 0 unspecified atom stereocenters. The molecule has 0 saturated carbocycles. The number of aromatic nitrogens is 1.